The Labute approximate surface area is 88.0 Å². The molecule has 0 unspecified atom stereocenters. The Hall–Kier alpha value is -1.71. The lowest BCUT2D eigenvalue weighted by atomic mass is 10.2. The second kappa shape index (κ2) is 5.90. The van der Waals surface area contributed by atoms with Crippen LogP contribution in [0.1, 0.15) is 18.9 Å². The number of carbonyl (C=O) groups excluding carboxylic acids is 1. The van der Waals surface area contributed by atoms with Crippen molar-refractivity contribution in [1.82, 2.24) is 10.3 Å². The summed E-state index contributed by atoms with van der Waals surface area (Å²) in [5.41, 5.74) is 0.720. The van der Waals surface area contributed by atoms with Crippen LogP contribution in [0.2, 0.25) is 0 Å². The van der Waals surface area contributed by atoms with Gasteiger partial charge in [-0.2, -0.15) is 0 Å². The molecule has 3 nitrogen and oxygen atoms in total. The van der Waals surface area contributed by atoms with E-state index in [0.717, 1.165) is 18.2 Å². The number of amides is 1. The van der Waals surface area contributed by atoms with Gasteiger partial charge in [0.1, 0.15) is 5.82 Å². The molecule has 0 radical (unpaired) electrons. The molecule has 0 saturated heterocycles. The van der Waals surface area contributed by atoms with E-state index in [1.807, 2.05) is 6.08 Å². The molecule has 0 saturated carbocycles. The number of hydrogen-bond acceptors (Lipinski definition) is 2. The van der Waals surface area contributed by atoms with E-state index in [0.29, 0.717) is 6.54 Å². The fourth-order valence-corrected chi connectivity index (χ4v) is 1.07. The highest BCUT2D eigenvalue weighted by Gasteiger charge is 1.91. The van der Waals surface area contributed by atoms with Gasteiger partial charge in [0.15, 0.2) is 0 Å². The van der Waals surface area contributed by atoms with Crippen LogP contribution in [-0.4, -0.2) is 17.4 Å². The average Bonchev–Trinajstić information content (AvgIpc) is 2.17. The Morgan fingerprint density at radius 2 is 2.40 bits per heavy atom. The lowest BCUT2D eigenvalue weighted by Gasteiger charge is -1.96. The number of carbonyl (C=O) groups is 1. The summed E-state index contributed by atoms with van der Waals surface area (Å²) in [5.74, 6) is -0.394. The molecule has 0 fully saturated rings. The van der Waals surface area contributed by atoms with Gasteiger partial charge in [-0.25, -0.2) is 4.39 Å². The monoisotopic (exact) mass is 208 g/mol. The molecule has 4 heteroatoms. The van der Waals surface area contributed by atoms with Crippen LogP contribution in [-0.2, 0) is 4.79 Å². The van der Waals surface area contributed by atoms with E-state index in [4.69, 9.17) is 0 Å². The SMILES string of the molecule is CC(=O)NCCC=Cc1cncc(F)c1. The number of aromatic nitrogens is 1. The standard InChI is InChI=1S/C11H13FN2O/c1-9(15)14-5-3-2-4-10-6-11(12)8-13-7-10/h2,4,6-8H,3,5H2,1H3,(H,14,15). The van der Waals surface area contributed by atoms with Gasteiger partial charge < -0.3 is 5.32 Å². The summed E-state index contributed by atoms with van der Waals surface area (Å²) in [4.78, 5) is 14.2. The predicted octanol–water partition coefficient (Wildman–Crippen LogP) is 1.76. The van der Waals surface area contributed by atoms with Gasteiger partial charge in [0.2, 0.25) is 5.91 Å². The third kappa shape index (κ3) is 4.90. The van der Waals surface area contributed by atoms with Gasteiger partial charge in [-0.3, -0.25) is 9.78 Å². The first-order valence-corrected chi connectivity index (χ1v) is 4.70. The van der Waals surface area contributed by atoms with Crippen molar-refractivity contribution in [2.24, 2.45) is 0 Å². The third-order valence-corrected chi connectivity index (χ3v) is 1.72. The number of hydrogen-bond donors (Lipinski definition) is 1. The van der Waals surface area contributed by atoms with E-state index in [1.54, 1.807) is 12.3 Å². The first kappa shape index (κ1) is 11.4. The molecule has 1 rings (SSSR count). The van der Waals surface area contributed by atoms with Gasteiger partial charge in [0, 0.05) is 19.7 Å². The van der Waals surface area contributed by atoms with Crippen LogP contribution in [0, 0.1) is 5.82 Å². The number of nitrogens with one attached hydrogen (secondary N) is 1. The summed E-state index contributed by atoms with van der Waals surface area (Å²) in [5, 5.41) is 2.66. The summed E-state index contributed by atoms with van der Waals surface area (Å²) in [7, 11) is 0. The lowest BCUT2D eigenvalue weighted by molar-refractivity contribution is -0.118. The van der Waals surface area contributed by atoms with Crippen molar-refractivity contribution in [3.63, 3.8) is 0 Å². The summed E-state index contributed by atoms with van der Waals surface area (Å²) < 4.78 is 12.7. The highest BCUT2D eigenvalue weighted by atomic mass is 19.1. The second-order valence-corrected chi connectivity index (χ2v) is 3.11. The molecular weight excluding hydrogens is 195 g/mol. The van der Waals surface area contributed by atoms with Gasteiger partial charge in [-0.05, 0) is 18.1 Å². The Kier molecular flexibility index (Phi) is 4.47. The topological polar surface area (TPSA) is 42.0 Å². The molecule has 1 N–H and O–H groups in total. The van der Waals surface area contributed by atoms with Crippen molar-refractivity contribution in [3.8, 4) is 0 Å². The molecule has 0 atom stereocenters. The van der Waals surface area contributed by atoms with Crippen LogP contribution in [0.25, 0.3) is 6.08 Å². The Morgan fingerprint density at radius 1 is 1.60 bits per heavy atom. The van der Waals surface area contributed by atoms with E-state index in [2.05, 4.69) is 10.3 Å². The molecule has 0 aliphatic rings. The molecule has 15 heavy (non-hydrogen) atoms. The van der Waals surface area contributed by atoms with Crippen molar-refractivity contribution in [2.75, 3.05) is 6.54 Å². The highest BCUT2D eigenvalue weighted by Crippen LogP contribution is 2.03. The van der Waals surface area contributed by atoms with Crippen LogP contribution < -0.4 is 5.32 Å². The predicted molar refractivity (Wildman–Crippen MR) is 56.5 cm³/mol. The van der Waals surface area contributed by atoms with Crippen LogP contribution in [0.15, 0.2) is 24.5 Å². The van der Waals surface area contributed by atoms with Gasteiger partial charge in [0.25, 0.3) is 0 Å². The second-order valence-electron chi connectivity index (χ2n) is 3.11. The molecule has 0 aromatic carbocycles. The molecule has 1 aromatic rings. The Bertz CT molecular complexity index is 363. The largest absolute Gasteiger partial charge is 0.356 e. The first-order valence-electron chi connectivity index (χ1n) is 4.70. The fourth-order valence-electron chi connectivity index (χ4n) is 1.07. The van der Waals surface area contributed by atoms with Crippen molar-refractivity contribution >= 4 is 12.0 Å². The minimum atomic E-state index is -0.348. The minimum absolute atomic E-state index is 0.0455. The Balaban J connectivity index is 2.35. The minimum Gasteiger partial charge on any atom is -0.356 e. The zero-order chi connectivity index (χ0) is 11.1. The molecular formula is C11H13FN2O. The highest BCUT2D eigenvalue weighted by molar-refractivity contribution is 5.72. The van der Waals surface area contributed by atoms with Crippen molar-refractivity contribution in [3.05, 3.63) is 35.9 Å². The number of nitrogens with zero attached hydrogens (tertiary/aromatic N) is 1. The van der Waals surface area contributed by atoms with Gasteiger partial charge in [-0.15, -0.1) is 0 Å². The number of halogens is 1. The maximum Gasteiger partial charge on any atom is 0.216 e. The Morgan fingerprint density at radius 3 is 3.07 bits per heavy atom. The normalized spacial score (nSPS) is 10.5. The van der Waals surface area contributed by atoms with Crippen LogP contribution in [0.3, 0.4) is 0 Å². The summed E-state index contributed by atoms with van der Waals surface area (Å²) in [6, 6.07) is 1.40. The van der Waals surface area contributed by atoms with Gasteiger partial charge in [-0.1, -0.05) is 12.2 Å². The molecule has 1 amide bonds. The first-order chi connectivity index (χ1) is 7.18. The maximum absolute atomic E-state index is 12.7. The van der Waals surface area contributed by atoms with E-state index in [9.17, 15) is 9.18 Å². The molecule has 0 spiro atoms. The van der Waals surface area contributed by atoms with E-state index < -0.39 is 0 Å². The molecule has 0 aliphatic heterocycles. The van der Waals surface area contributed by atoms with Crippen molar-refractivity contribution < 1.29 is 9.18 Å². The summed E-state index contributed by atoms with van der Waals surface area (Å²) >= 11 is 0. The summed E-state index contributed by atoms with van der Waals surface area (Å²) in [6.45, 7) is 2.06. The van der Waals surface area contributed by atoms with E-state index >= 15 is 0 Å². The van der Waals surface area contributed by atoms with Crippen molar-refractivity contribution in [2.45, 2.75) is 13.3 Å². The average molecular weight is 208 g/mol. The van der Waals surface area contributed by atoms with Crippen molar-refractivity contribution in [1.29, 1.82) is 0 Å². The van der Waals surface area contributed by atoms with Gasteiger partial charge >= 0.3 is 0 Å². The van der Waals surface area contributed by atoms with E-state index in [-0.39, 0.29) is 11.7 Å². The third-order valence-electron chi connectivity index (χ3n) is 1.72. The fraction of sp³-hybridized carbons (Fsp3) is 0.273. The smallest absolute Gasteiger partial charge is 0.216 e. The van der Waals surface area contributed by atoms with Gasteiger partial charge in [0.05, 0.1) is 6.20 Å². The molecule has 0 aliphatic carbocycles. The number of rotatable bonds is 4. The maximum atomic E-state index is 12.7. The van der Waals surface area contributed by atoms with E-state index in [1.165, 1.54) is 13.0 Å². The molecule has 0 bridgehead atoms. The van der Waals surface area contributed by atoms with Crippen LogP contribution in [0.4, 0.5) is 4.39 Å². The quantitative estimate of drug-likeness (QED) is 0.766. The lowest BCUT2D eigenvalue weighted by Crippen LogP contribution is -2.20. The zero-order valence-corrected chi connectivity index (χ0v) is 8.53. The summed E-state index contributed by atoms with van der Waals surface area (Å²) in [6.07, 6.45) is 7.10. The molecule has 1 aromatic heterocycles. The number of pyridine rings is 1. The molecule has 1 heterocycles. The van der Waals surface area contributed by atoms with Crippen LogP contribution in [0.5, 0.6) is 0 Å². The zero-order valence-electron chi connectivity index (χ0n) is 8.53. The molecule has 80 valence electrons. The van der Waals surface area contributed by atoms with Crippen LogP contribution >= 0.6 is 0 Å².